The van der Waals surface area contributed by atoms with Gasteiger partial charge in [0, 0.05) is 50.9 Å². The normalized spacial score (nSPS) is 14.6. The molecule has 1 fully saturated rings. The lowest BCUT2D eigenvalue weighted by atomic mass is 10.1. The van der Waals surface area contributed by atoms with Crippen LogP contribution in [-0.2, 0) is 18.0 Å². The second-order valence-electron chi connectivity index (χ2n) is 9.32. The summed E-state index contributed by atoms with van der Waals surface area (Å²) >= 11 is 0. The van der Waals surface area contributed by atoms with Crippen molar-refractivity contribution in [3.63, 3.8) is 0 Å². The van der Waals surface area contributed by atoms with E-state index in [4.69, 9.17) is 9.25 Å². The number of pyridine rings is 1. The summed E-state index contributed by atoms with van der Waals surface area (Å²) in [5.41, 5.74) is 1.52. The Labute approximate surface area is 224 Å². The van der Waals surface area contributed by atoms with E-state index in [1.807, 2.05) is 48.2 Å². The van der Waals surface area contributed by atoms with Gasteiger partial charge in [-0.25, -0.2) is 9.18 Å². The summed E-state index contributed by atoms with van der Waals surface area (Å²) < 4.78 is 22.5. The summed E-state index contributed by atoms with van der Waals surface area (Å²) in [5, 5.41) is 13.8. The van der Waals surface area contributed by atoms with Crippen LogP contribution in [0.25, 0.3) is 10.9 Å². The number of hydrogen-bond acceptors (Lipinski definition) is 7. The van der Waals surface area contributed by atoms with E-state index >= 15 is 4.39 Å². The molecule has 0 amide bonds. The predicted octanol–water partition coefficient (Wildman–Crippen LogP) is 4.19. The summed E-state index contributed by atoms with van der Waals surface area (Å²) in [6.45, 7) is 5.55. The van der Waals surface area contributed by atoms with Gasteiger partial charge in [0.2, 0.25) is 5.43 Å². The maximum atomic E-state index is 15.2. The smallest absolute Gasteiger partial charge is 0.341 e. The van der Waals surface area contributed by atoms with E-state index in [1.165, 1.54) is 6.20 Å². The molecule has 5 rings (SSSR count). The van der Waals surface area contributed by atoms with E-state index in [0.717, 1.165) is 11.6 Å². The zero-order chi connectivity index (χ0) is 27.4. The number of aromatic nitrogens is 1. The van der Waals surface area contributed by atoms with Gasteiger partial charge in [0.05, 0.1) is 17.5 Å². The van der Waals surface area contributed by atoms with Crippen molar-refractivity contribution < 1.29 is 23.5 Å². The van der Waals surface area contributed by atoms with Gasteiger partial charge in [-0.15, -0.1) is 0 Å². The molecule has 10 heteroatoms. The lowest BCUT2D eigenvalue weighted by Crippen LogP contribution is -2.48. The molecule has 2 aromatic carbocycles. The topological polar surface area (TPSA) is 101 Å². The number of carboxylic acid groups (broad SMARTS) is 1. The molecule has 2 aromatic heterocycles. The molecule has 0 unspecified atom stereocenters. The van der Waals surface area contributed by atoms with E-state index in [-0.39, 0.29) is 10.9 Å². The number of benzene rings is 2. The van der Waals surface area contributed by atoms with Crippen LogP contribution in [0.15, 0.2) is 81.4 Å². The Morgan fingerprint density at radius 2 is 1.87 bits per heavy atom. The maximum Gasteiger partial charge on any atom is 0.341 e. The number of furan rings is 1. The van der Waals surface area contributed by atoms with Gasteiger partial charge in [0.15, 0.2) is 5.76 Å². The molecule has 39 heavy (non-hydrogen) atoms. The van der Waals surface area contributed by atoms with Crippen LogP contribution in [0.2, 0.25) is 0 Å². The van der Waals surface area contributed by atoms with E-state index in [0.29, 0.717) is 68.6 Å². The van der Waals surface area contributed by atoms with Gasteiger partial charge in [-0.05, 0) is 36.8 Å². The standard InChI is InChI=1S/C29H29FN4O5/c1-2-33-17-22(29(36)37)28(35)21-15-23(30)26(16-25(21)33)34-12-10-32(11-13-34)18-24(27-9-6-14-38-27)31-39-19-20-7-4-3-5-8-20/h3-9,14-17H,2,10-13,18-19H2,1H3,(H,36,37)/b31-24-. The summed E-state index contributed by atoms with van der Waals surface area (Å²) in [6, 6.07) is 16.2. The largest absolute Gasteiger partial charge is 0.477 e. The third kappa shape index (κ3) is 5.70. The first kappa shape index (κ1) is 26.2. The first-order valence-electron chi connectivity index (χ1n) is 12.8. The Balaban J connectivity index is 1.30. The molecule has 0 atom stereocenters. The zero-order valence-electron chi connectivity index (χ0n) is 21.5. The SMILES string of the molecule is CCn1cc(C(=O)O)c(=O)c2cc(F)c(N3CCN(C/C(=N/OCc4ccccc4)c4ccco4)CC3)cc21. The second kappa shape index (κ2) is 11.5. The summed E-state index contributed by atoms with van der Waals surface area (Å²) in [6.07, 6.45) is 2.92. The monoisotopic (exact) mass is 532 g/mol. The molecule has 4 aromatic rings. The van der Waals surface area contributed by atoms with Crippen LogP contribution in [0.1, 0.15) is 28.6 Å². The van der Waals surface area contributed by atoms with E-state index in [9.17, 15) is 14.7 Å². The number of anilines is 1. The number of aromatic carboxylic acids is 1. The van der Waals surface area contributed by atoms with Crippen LogP contribution in [0.5, 0.6) is 0 Å². The van der Waals surface area contributed by atoms with Gasteiger partial charge in [0.1, 0.15) is 23.7 Å². The highest BCUT2D eigenvalue weighted by molar-refractivity contribution is 5.99. The van der Waals surface area contributed by atoms with Crippen LogP contribution in [0.3, 0.4) is 0 Å². The summed E-state index contributed by atoms with van der Waals surface area (Å²) in [5.74, 6) is -1.25. The number of rotatable bonds is 9. The van der Waals surface area contributed by atoms with E-state index in [1.54, 1.807) is 23.0 Å². The van der Waals surface area contributed by atoms with Crippen molar-refractivity contribution >= 4 is 28.3 Å². The molecule has 0 bridgehead atoms. The van der Waals surface area contributed by atoms with E-state index in [2.05, 4.69) is 10.1 Å². The Hall–Kier alpha value is -4.44. The molecule has 1 N–H and O–H groups in total. The number of carbonyl (C=O) groups is 1. The Morgan fingerprint density at radius 1 is 1.10 bits per heavy atom. The fraction of sp³-hybridized carbons (Fsp3) is 0.276. The minimum Gasteiger partial charge on any atom is -0.477 e. The molecule has 9 nitrogen and oxygen atoms in total. The van der Waals surface area contributed by atoms with Crippen LogP contribution >= 0.6 is 0 Å². The molecule has 0 aliphatic carbocycles. The van der Waals surface area contributed by atoms with Gasteiger partial charge in [-0.3, -0.25) is 9.69 Å². The lowest BCUT2D eigenvalue weighted by molar-refractivity contribution is 0.0695. The first-order valence-corrected chi connectivity index (χ1v) is 12.8. The molecule has 1 aliphatic rings. The van der Waals surface area contributed by atoms with Gasteiger partial charge >= 0.3 is 5.97 Å². The fourth-order valence-corrected chi connectivity index (χ4v) is 4.77. The van der Waals surface area contributed by atoms with Crippen molar-refractivity contribution in [2.24, 2.45) is 5.16 Å². The lowest BCUT2D eigenvalue weighted by Gasteiger charge is -2.36. The second-order valence-corrected chi connectivity index (χ2v) is 9.32. The average Bonchev–Trinajstić information content (AvgIpc) is 3.49. The number of carboxylic acids is 1. The number of hydrogen-bond donors (Lipinski definition) is 1. The molecule has 0 spiro atoms. The minimum atomic E-state index is -1.33. The summed E-state index contributed by atoms with van der Waals surface area (Å²) in [4.78, 5) is 33.9. The predicted molar refractivity (Wildman–Crippen MR) is 146 cm³/mol. The summed E-state index contributed by atoms with van der Waals surface area (Å²) in [7, 11) is 0. The Kier molecular flexibility index (Phi) is 7.74. The molecule has 0 saturated carbocycles. The van der Waals surface area contributed by atoms with Crippen molar-refractivity contribution in [1.29, 1.82) is 0 Å². The van der Waals surface area contributed by atoms with Crippen molar-refractivity contribution in [1.82, 2.24) is 9.47 Å². The molecule has 0 radical (unpaired) electrons. The molecular weight excluding hydrogens is 503 g/mol. The van der Waals surface area contributed by atoms with E-state index < -0.39 is 17.2 Å². The maximum absolute atomic E-state index is 15.2. The number of halogens is 1. The van der Waals surface area contributed by atoms with Crippen LogP contribution in [0, 0.1) is 5.82 Å². The number of nitrogens with zero attached hydrogens (tertiary/aromatic N) is 4. The van der Waals surface area contributed by atoms with Gasteiger partial charge in [-0.2, -0.15) is 0 Å². The minimum absolute atomic E-state index is 0.0615. The van der Waals surface area contributed by atoms with Crippen LogP contribution in [-0.4, -0.2) is 59.0 Å². The van der Waals surface area contributed by atoms with Crippen LogP contribution < -0.4 is 10.3 Å². The van der Waals surface area contributed by atoms with Crippen molar-refractivity contribution in [2.45, 2.75) is 20.1 Å². The first-order chi connectivity index (χ1) is 18.9. The molecule has 1 aliphatic heterocycles. The quantitative estimate of drug-likeness (QED) is 0.255. The number of oxime groups is 1. The van der Waals surface area contributed by atoms with Crippen LogP contribution in [0.4, 0.5) is 10.1 Å². The zero-order valence-corrected chi connectivity index (χ0v) is 21.5. The van der Waals surface area contributed by atoms with Crippen molar-refractivity contribution in [3.05, 3.63) is 100.0 Å². The third-order valence-corrected chi connectivity index (χ3v) is 6.86. The fourth-order valence-electron chi connectivity index (χ4n) is 4.77. The number of piperazine rings is 1. The molecule has 202 valence electrons. The van der Waals surface area contributed by atoms with Gasteiger partial charge in [-0.1, -0.05) is 35.5 Å². The molecule has 1 saturated heterocycles. The van der Waals surface area contributed by atoms with Crippen molar-refractivity contribution in [3.8, 4) is 0 Å². The third-order valence-electron chi connectivity index (χ3n) is 6.86. The van der Waals surface area contributed by atoms with Gasteiger partial charge < -0.3 is 23.8 Å². The Morgan fingerprint density at radius 3 is 2.54 bits per heavy atom. The Bertz CT molecular complexity index is 1540. The highest BCUT2D eigenvalue weighted by Crippen LogP contribution is 2.26. The molecular formula is C29H29FN4O5. The average molecular weight is 533 g/mol. The molecule has 3 heterocycles. The van der Waals surface area contributed by atoms with Crippen molar-refractivity contribution in [2.75, 3.05) is 37.6 Å². The van der Waals surface area contributed by atoms with Gasteiger partial charge in [0.25, 0.3) is 0 Å². The highest BCUT2D eigenvalue weighted by atomic mass is 19.1. The highest BCUT2D eigenvalue weighted by Gasteiger charge is 2.24. The number of aryl methyl sites for hydroxylation is 1. The number of fused-ring (bicyclic) bond motifs is 1.